The minimum atomic E-state index is 0. The van der Waals surface area contributed by atoms with Crippen molar-refractivity contribution in [1.29, 1.82) is 0 Å². The maximum Gasteiger partial charge on any atom is -0.0184 e. The molecule has 0 unspecified atom stereocenters. The summed E-state index contributed by atoms with van der Waals surface area (Å²) in [6.45, 7) is 17.9. The number of allylic oxidation sites excluding steroid dienone is 4. The van der Waals surface area contributed by atoms with Crippen LogP contribution >= 0.6 is 0 Å². The molecule has 2 aromatic rings. The first kappa shape index (κ1) is 25.8. The molecule has 0 aliphatic rings. The van der Waals surface area contributed by atoms with Crippen molar-refractivity contribution in [2.24, 2.45) is 0 Å². The molecule has 0 radical (unpaired) electrons. The molecular formula is C25H35F. The lowest BCUT2D eigenvalue weighted by atomic mass is 10.0. The van der Waals surface area contributed by atoms with Gasteiger partial charge in [0, 0.05) is 0 Å². The van der Waals surface area contributed by atoms with Crippen LogP contribution in [0.25, 0.3) is 11.1 Å². The third-order valence-corrected chi connectivity index (χ3v) is 3.40. The number of aryl methyl sites for hydroxylation is 1. The van der Waals surface area contributed by atoms with Crippen LogP contribution in [-0.2, 0) is 6.42 Å². The monoisotopic (exact) mass is 354 g/mol. The van der Waals surface area contributed by atoms with Crippen LogP contribution in [0.1, 0.15) is 46.6 Å². The number of hydrogen-bond acceptors (Lipinski definition) is 0. The van der Waals surface area contributed by atoms with Gasteiger partial charge in [-0.25, -0.2) is 0 Å². The topological polar surface area (TPSA) is 0 Å². The Morgan fingerprint density at radius 3 is 1.77 bits per heavy atom. The van der Waals surface area contributed by atoms with Crippen LogP contribution in [0.4, 0.5) is 4.70 Å². The number of rotatable bonds is 6. The Morgan fingerprint density at radius 2 is 1.27 bits per heavy atom. The van der Waals surface area contributed by atoms with E-state index in [-0.39, 0.29) is 4.70 Å². The average Bonchev–Trinajstić information content (AvgIpc) is 2.69. The molecule has 0 saturated carbocycles. The summed E-state index contributed by atoms with van der Waals surface area (Å²) in [4.78, 5) is 0. The zero-order chi connectivity index (χ0) is 19.1. The smallest absolute Gasteiger partial charge is 0.0184 e. The normalized spacial score (nSPS) is 9.12. The van der Waals surface area contributed by atoms with Gasteiger partial charge in [0.1, 0.15) is 0 Å². The van der Waals surface area contributed by atoms with E-state index >= 15 is 0 Å². The van der Waals surface area contributed by atoms with E-state index in [2.05, 4.69) is 67.8 Å². The van der Waals surface area contributed by atoms with Gasteiger partial charge in [-0.05, 0) is 36.5 Å². The molecule has 26 heavy (non-hydrogen) atoms. The zero-order valence-electron chi connectivity index (χ0n) is 17.1. The number of hydrogen-bond donors (Lipinski definition) is 0. The van der Waals surface area contributed by atoms with E-state index in [4.69, 9.17) is 0 Å². The standard InChI is InChI=1S/C21H22.2C2H6.FH/c1-17(2)9-10-18(3)11-12-19-13-15-21(16-14-19)20-7-5-4-6-8-20;2*1-2;/h4-10,13-16H,1,3,11-12H2,2H3;2*1-2H3;1H/b10-9-;;;. The summed E-state index contributed by atoms with van der Waals surface area (Å²) in [7, 11) is 0. The van der Waals surface area contributed by atoms with Crippen LogP contribution in [0.15, 0.2) is 91.1 Å². The summed E-state index contributed by atoms with van der Waals surface area (Å²) < 4.78 is 0. The van der Waals surface area contributed by atoms with E-state index in [1.54, 1.807) is 0 Å². The number of halogens is 1. The lowest BCUT2D eigenvalue weighted by molar-refractivity contribution is 0.969. The van der Waals surface area contributed by atoms with Crippen LogP contribution < -0.4 is 0 Å². The highest BCUT2D eigenvalue weighted by Crippen LogP contribution is 2.20. The zero-order valence-corrected chi connectivity index (χ0v) is 17.1. The van der Waals surface area contributed by atoms with Gasteiger partial charge in [-0.1, -0.05) is 119 Å². The van der Waals surface area contributed by atoms with E-state index in [1.807, 2.05) is 46.8 Å². The van der Waals surface area contributed by atoms with Gasteiger partial charge >= 0.3 is 0 Å². The van der Waals surface area contributed by atoms with E-state index in [1.165, 1.54) is 16.7 Å². The fourth-order valence-electron chi connectivity index (χ4n) is 2.14. The SMILES string of the molecule is C=C(C)/C=C\C(=C)CCc1ccc(-c2ccccc2)cc1.CC.CC.F. The minimum absolute atomic E-state index is 0. The highest BCUT2D eigenvalue weighted by molar-refractivity contribution is 5.63. The predicted molar refractivity (Wildman–Crippen MR) is 118 cm³/mol. The van der Waals surface area contributed by atoms with Gasteiger partial charge in [-0.3, -0.25) is 4.70 Å². The number of benzene rings is 2. The molecule has 0 aliphatic heterocycles. The second-order valence-electron chi connectivity index (χ2n) is 5.40. The molecule has 0 amide bonds. The van der Waals surface area contributed by atoms with Crippen molar-refractivity contribution in [3.63, 3.8) is 0 Å². The van der Waals surface area contributed by atoms with Crippen LogP contribution in [-0.4, -0.2) is 0 Å². The van der Waals surface area contributed by atoms with Crippen LogP contribution in [0, 0.1) is 0 Å². The quantitative estimate of drug-likeness (QED) is 0.459. The molecule has 0 aromatic heterocycles. The van der Waals surface area contributed by atoms with Crippen molar-refractivity contribution in [3.05, 3.63) is 96.6 Å². The lowest BCUT2D eigenvalue weighted by Crippen LogP contribution is -1.87. The first-order chi connectivity index (χ1) is 12.1. The molecule has 0 atom stereocenters. The minimum Gasteiger partial charge on any atom is -0.269 e. The molecule has 1 heteroatoms. The largest absolute Gasteiger partial charge is 0.269 e. The molecule has 0 nitrogen and oxygen atoms in total. The Hall–Kier alpha value is -2.41. The molecule has 2 rings (SSSR count). The van der Waals surface area contributed by atoms with Gasteiger partial charge in [0.2, 0.25) is 0 Å². The van der Waals surface area contributed by atoms with Gasteiger partial charge < -0.3 is 0 Å². The molecular weight excluding hydrogens is 319 g/mol. The van der Waals surface area contributed by atoms with E-state index in [9.17, 15) is 0 Å². The van der Waals surface area contributed by atoms with Crippen LogP contribution in [0.5, 0.6) is 0 Å². The second-order valence-corrected chi connectivity index (χ2v) is 5.40. The van der Waals surface area contributed by atoms with Crippen molar-refractivity contribution >= 4 is 0 Å². The Balaban J connectivity index is 0. The molecule has 0 N–H and O–H groups in total. The summed E-state index contributed by atoms with van der Waals surface area (Å²) in [5.41, 5.74) is 6.08. The molecule has 0 fully saturated rings. The van der Waals surface area contributed by atoms with E-state index in [0.29, 0.717) is 0 Å². The molecule has 0 aliphatic carbocycles. The summed E-state index contributed by atoms with van der Waals surface area (Å²) in [6, 6.07) is 19.3. The molecule has 2 aromatic carbocycles. The fourth-order valence-corrected chi connectivity index (χ4v) is 2.14. The van der Waals surface area contributed by atoms with E-state index in [0.717, 1.165) is 24.0 Å². The van der Waals surface area contributed by atoms with Gasteiger partial charge in [-0.15, -0.1) is 0 Å². The Bertz CT molecular complexity index is 634. The lowest BCUT2D eigenvalue weighted by Gasteiger charge is -2.05. The van der Waals surface area contributed by atoms with Crippen molar-refractivity contribution in [2.75, 3.05) is 0 Å². The molecule has 142 valence electrons. The third kappa shape index (κ3) is 10.5. The maximum atomic E-state index is 4.08. The molecule has 0 bridgehead atoms. The van der Waals surface area contributed by atoms with Gasteiger partial charge in [-0.2, -0.15) is 0 Å². The molecule has 0 spiro atoms. The predicted octanol–water partition coefficient (Wildman–Crippen LogP) is 8.18. The fraction of sp³-hybridized carbons (Fsp3) is 0.280. The van der Waals surface area contributed by atoms with Crippen molar-refractivity contribution < 1.29 is 4.70 Å². The van der Waals surface area contributed by atoms with Crippen molar-refractivity contribution in [2.45, 2.75) is 47.5 Å². The second kappa shape index (κ2) is 16.1. The summed E-state index contributed by atoms with van der Waals surface area (Å²) >= 11 is 0. The Kier molecular flexibility index (Phi) is 16.0. The van der Waals surface area contributed by atoms with Crippen LogP contribution in [0.3, 0.4) is 0 Å². The van der Waals surface area contributed by atoms with Gasteiger partial charge in [0.05, 0.1) is 0 Å². The average molecular weight is 355 g/mol. The van der Waals surface area contributed by atoms with E-state index < -0.39 is 0 Å². The summed E-state index contributed by atoms with van der Waals surface area (Å²) in [5.74, 6) is 0. The molecule has 0 heterocycles. The Labute approximate surface area is 160 Å². The van der Waals surface area contributed by atoms with Crippen molar-refractivity contribution in [1.82, 2.24) is 0 Å². The Morgan fingerprint density at radius 1 is 0.769 bits per heavy atom. The van der Waals surface area contributed by atoms with Crippen molar-refractivity contribution in [3.8, 4) is 11.1 Å². The first-order valence-electron chi connectivity index (χ1n) is 9.31. The van der Waals surface area contributed by atoms with Crippen LogP contribution in [0.2, 0.25) is 0 Å². The summed E-state index contributed by atoms with van der Waals surface area (Å²) in [5, 5.41) is 0. The van der Waals surface area contributed by atoms with Gasteiger partial charge in [0.25, 0.3) is 0 Å². The third-order valence-electron chi connectivity index (χ3n) is 3.40. The van der Waals surface area contributed by atoms with Gasteiger partial charge in [0.15, 0.2) is 0 Å². The first-order valence-corrected chi connectivity index (χ1v) is 9.31. The molecule has 0 saturated heterocycles. The highest BCUT2D eigenvalue weighted by Gasteiger charge is 1.98. The highest BCUT2D eigenvalue weighted by atomic mass is 19.0. The summed E-state index contributed by atoms with van der Waals surface area (Å²) in [6.07, 6.45) is 6.07. The maximum absolute atomic E-state index is 4.08.